The summed E-state index contributed by atoms with van der Waals surface area (Å²) >= 11 is 1.37. The van der Waals surface area contributed by atoms with Crippen LogP contribution in [0.3, 0.4) is 0 Å². The Morgan fingerprint density at radius 3 is 2.14 bits per heavy atom. The fraction of sp³-hybridized carbons (Fsp3) is 0.289. The molecule has 50 heavy (non-hydrogen) atoms. The zero-order valence-electron chi connectivity index (χ0n) is 27.6. The highest BCUT2D eigenvalue weighted by molar-refractivity contribution is 7.07. The van der Waals surface area contributed by atoms with Gasteiger partial charge in [0, 0.05) is 47.7 Å². The lowest BCUT2D eigenvalue weighted by Gasteiger charge is -2.27. The number of hydrogen-bond acceptors (Lipinski definition) is 7. The number of para-hydroxylation sites is 1. The summed E-state index contributed by atoms with van der Waals surface area (Å²) in [5.41, 5.74) is 12.6. The van der Waals surface area contributed by atoms with Crippen molar-refractivity contribution in [2.45, 2.75) is 50.2 Å². The summed E-state index contributed by atoms with van der Waals surface area (Å²) in [4.78, 5) is 61.5. The Balaban J connectivity index is 1.25. The van der Waals surface area contributed by atoms with E-state index in [-0.39, 0.29) is 31.1 Å². The maximum absolute atomic E-state index is 14.2. The molecule has 258 valence electrons. The summed E-state index contributed by atoms with van der Waals surface area (Å²) < 4.78 is 0. The van der Waals surface area contributed by atoms with E-state index < -0.39 is 35.8 Å². The van der Waals surface area contributed by atoms with E-state index in [1.165, 1.54) is 11.3 Å². The minimum Gasteiger partial charge on any atom is -0.368 e. The number of benzene rings is 3. The topological polar surface area (TPSA) is 171 Å². The number of amides is 4. The number of nitrogens with two attached hydrogens (primary N) is 1. The van der Waals surface area contributed by atoms with Crippen LogP contribution in [0.1, 0.15) is 29.7 Å². The molecule has 1 aliphatic rings. The molecule has 0 spiro atoms. The highest BCUT2D eigenvalue weighted by atomic mass is 32.1. The average molecular weight is 692 g/mol. The van der Waals surface area contributed by atoms with Gasteiger partial charge in [0.2, 0.25) is 23.6 Å². The number of aromatic nitrogens is 2. The third-order valence-electron chi connectivity index (χ3n) is 9.13. The number of hydrogen-bond donors (Lipinski definition) is 6. The smallest absolute Gasteiger partial charge is 0.243 e. The average Bonchev–Trinajstić information content (AvgIpc) is 3.82. The number of aromatic amines is 1. The number of piperidine rings is 1. The summed E-state index contributed by atoms with van der Waals surface area (Å²) in [5.74, 6) is -2.20. The van der Waals surface area contributed by atoms with Gasteiger partial charge in [0.05, 0.1) is 11.2 Å². The Kier molecular flexibility index (Phi) is 11.3. The van der Waals surface area contributed by atoms with Gasteiger partial charge in [-0.25, -0.2) is 4.98 Å². The fourth-order valence-corrected chi connectivity index (χ4v) is 6.90. The van der Waals surface area contributed by atoms with Gasteiger partial charge in [0.25, 0.3) is 0 Å². The quantitative estimate of drug-likeness (QED) is 0.104. The lowest BCUT2D eigenvalue weighted by molar-refractivity contribution is -0.134. The van der Waals surface area contributed by atoms with Crippen LogP contribution in [0, 0.1) is 5.92 Å². The molecule has 2 aromatic heterocycles. The van der Waals surface area contributed by atoms with E-state index >= 15 is 0 Å². The molecular formula is C38H41N7O4S. The molecule has 3 heterocycles. The van der Waals surface area contributed by atoms with Crippen molar-refractivity contribution in [1.82, 2.24) is 31.2 Å². The Morgan fingerprint density at radius 2 is 1.44 bits per heavy atom. The molecule has 0 aliphatic carbocycles. The molecule has 4 amide bonds. The van der Waals surface area contributed by atoms with Crippen molar-refractivity contribution in [2.24, 2.45) is 11.7 Å². The molecular weight excluding hydrogens is 651 g/mol. The lowest BCUT2D eigenvalue weighted by Crippen LogP contribution is -2.58. The highest BCUT2D eigenvalue weighted by Crippen LogP contribution is 2.22. The van der Waals surface area contributed by atoms with Crippen LogP contribution in [0.15, 0.2) is 96.0 Å². The van der Waals surface area contributed by atoms with E-state index in [0.29, 0.717) is 18.5 Å². The summed E-state index contributed by atoms with van der Waals surface area (Å²) in [5, 5.41) is 14.7. The third-order valence-corrected chi connectivity index (χ3v) is 9.77. The van der Waals surface area contributed by atoms with Crippen LogP contribution in [-0.2, 0) is 38.4 Å². The number of nitrogens with zero attached hydrogens (tertiary/aromatic N) is 1. The molecule has 7 N–H and O–H groups in total. The number of thiazole rings is 1. The number of H-pyrrole nitrogens is 1. The van der Waals surface area contributed by atoms with Gasteiger partial charge in [0.1, 0.15) is 18.1 Å². The van der Waals surface area contributed by atoms with Crippen molar-refractivity contribution in [2.75, 3.05) is 13.1 Å². The van der Waals surface area contributed by atoms with Crippen LogP contribution in [0.4, 0.5) is 0 Å². The van der Waals surface area contributed by atoms with Crippen LogP contribution in [0.5, 0.6) is 0 Å². The van der Waals surface area contributed by atoms with E-state index in [1.807, 2.05) is 85.1 Å². The van der Waals surface area contributed by atoms with Crippen LogP contribution >= 0.6 is 11.3 Å². The van der Waals surface area contributed by atoms with Gasteiger partial charge in [-0.2, -0.15) is 0 Å². The highest BCUT2D eigenvalue weighted by Gasteiger charge is 2.32. The molecule has 1 aliphatic heterocycles. The number of nitrogens with one attached hydrogen (secondary N) is 5. The monoisotopic (exact) mass is 691 g/mol. The first kappa shape index (κ1) is 34.5. The molecule has 3 atom stereocenters. The number of rotatable bonds is 14. The molecule has 0 bridgehead atoms. The van der Waals surface area contributed by atoms with Crippen LogP contribution in [0.2, 0.25) is 0 Å². The van der Waals surface area contributed by atoms with Crippen molar-refractivity contribution < 1.29 is 19.2 Å². The summed E-state index contributed by atoms with van der Waals surface area (Å²) in [6, 6.07) is 22.5. The molecule has 11 nitrogen and oxygen atoms in total. The van der Waals surface area contributed by atoms with Crippen molar-refractivity contribution in [3.63, 3.8) is 0 Å². The first-order valence-electron chi connectivity index (χ1n) is 16.8. The van der Waals surface area contributed by atoms with Crippen LogP contribution < -0.4 is 27.0 Å². The molecule has 6 rings (SSSR count). The molecule has 1 fully saturated rings. The third kappa shape index (κ3) is 8.82. The summed E-state index contributed by atoms with van der Waals surface area (Å²) in [7, 11) is 0. The SMILES string of the molecule is NC(=O)[C@H](Cc1cscn1)NC(=O)[C@@H](Cc1c[nH]c2ccccc12)NC(=O)[C@@H](Cc1ccc(-c2ccccc2)cc1)NC(=O)C1CCNCC1. The molecule has 5 aromatic rings. The molecule has 12 heteroatoms. The zero-order chi connectivity index (χ0) is 34.9. The predicted molar refractivity (Wildman–Crippen MR) is 194 cm³/mol. The van der Waals surface area contributed by atoms with Gasteiger partial charge in [-0.15, -0.1) is 11.3 Å². The Morgan fingerprint density at radius 1 is 0.780 bits per heavy atom. The molecule has 0 radical (unpaired) electrons. The maximum atomic E-state index is 14.2. The second-order valence-electron chi connectivity index (χ2n) is 12.6. The van der Waals surface area contributed by atoms with Crippen LogP contribution in [-0.4, -0.2) is 64.8 Å². The largest absolute Gasteiger partial charge is 0.368 e. The molecule has 1 saturated heterocycles. The van der Waals surface area contributed by atoms with Gasteiger partial charge in [-0.3, -0.25) is 19.2 Å². The van der Waals surface area contributed by atoms with Crippen molar-refractivity contribution in [3.8, 4) is 11.1 Å². The predicted octanol–water partition coefficient (Wildman–Crippen LogP) is 3.26. The minimum absolute atomic E-state index is 0.117. The van der Waals surface area contributed by atoms with E-state index in [2.05, 4.69) is 31.2 Å². The van der Waals surface area contributed by atoms with Crippen molar-refractivity contribution in [1.29, 1.82) is 0 Å². The van der Waals surface area contributed by atoms with E-state index in [0.717, 1.165) is 46.2 Å². The second-order valence-corrected chi connectivity index (χ2v) is 13.3. The van der Waals surface area contributed by atoms with E-state index in [1.54, 1.807) is 10.9 Å². The normalized spacial score (nSPS) is 15.1. The lowest BCUT2D eigenvalue weighted by atomic mass is 9.95. The summed E-state index contributed by atoms with van der Waals surface area (Å²) in [6.45, 7) is 1.45. The number of carbonyl (C=O) groups is 4. The van der Waals surface area contributed by atoms with Crippen molar-refractivity contribution >= 4 is 45.9 Å². The van der Waals surface area contributed by atoms with Gasteiger partial charge in [-0.1, -0.05) is 72.8 Å². The number of fused-ring (bicyclic) bond motifs is 1. The standard InChI is InChI=1S/C38H41N7O4S/c39-35(46)32(20-29-22-50-23-42-29)43-38(49)34(19-28-21-41-31-9-5-4-8-30(28)31)45-37(48)33(44-36(47)27-14-16-40-17-15-27)18-24-10-12-26(13-11-24)25-6-2-1-3-7-25/h1-13,21-23,27,32-34,40-41H,14-20H2,(H2,39,46)(H,43,49)(H,44,47)(H,45,48)/t32-,33+,34+/m0/s1. The van der Waals surface area contributed by atoms with Crippen molar-refractivity contribution in [3.05, 3.63) is 113 Å². The Hall–Kier alpha value is -5.33. The second kappa shape index (κ2) is 16.4. The Bertz CT molecular complexity index is 1900. The minimum atomic E-state index is -1.09. The molecule has 0 unspecified atom stereocenters. The van der Waals surface area contributed by atoms with Gasteiger partial charge < -0.3 is 32.0 Å². The van der Waals surface area contributed by atoms with Gasteiger partial charge in [0.15, 0.2) is 0 Å². The zero-order valence-corrected chi connectivity index (χ0v) is 28.4. The van der Waals surface area contributed by atoms with Gasteiger partial charge >= 0.3 is 0 Å². The first-order chi connectivity index (χ1) is 24.3. The fourth-order valence-electron chi connectivity index (χ4n) is 6.33. The molecule has 3 aromatic carbocycles. The van der Waals surface area contributed by atoms with E-state index in [9.17, 15) is 19.2 Å². The van der Waals surface area contributed by atoms with Gasteiger partial charge in [-0.05, 0) is 54.3 Å². The van der Waals surface area contributed by atoms with E-state index in [4.69, 9.17) is 5.73 Å². The summed E-state index contributed by atoms with van der Waals surface area (Å²) in [6.07, 6.45) is 3.61. The number of primary amides is 1. The number of carbonyl (C=O) groups excluding carboxylic acids is 4. The molecule has 0 saturated carbocycles. The Labute approximate surface area is 294 Å². The first-order valence-corrected chi connectivity index (χ1v) is 17.8. The maximum Gasteiger partial charge on any atom is 0.243 e. The van der Waals surface area contributed by atoms with Crippen LogP contribution in [0.25, 0.3) is 22.0 Å².